The Balaban J connectivity index is 0.000000561. The van der Waals surface area contributed by atoms with Crippen LogP contribution < -0.4 is 0 Å². The molecule has 0 bridgehead atoms. The predicted octanol–water partition coefficient (Wildman–Crippen LogP) is 2.11. The predicted molar refractivity (Wildman–Crippen MR) is 47.3 cm³/mol. The van der Waals surface area contributed by atoms with E-state index in [0.29, 0.717) is 0 Å². The zero-order chi connectivity index (χ0) is 9.56. The minimum absolute atomic E-state index is 0.236. The quantitative estimate of drug-likeness (QED) is 0.696. The Bertz CT molecular complexity index is 258. The Kier molecular flexibility index (Phi) is 4.69. The van der Waals surface area contributed by atoms with Crippen LogP contribution >= 0.6 is 0 Å². The summed E-state index contributed by atoms with van der Waals surface area (Å²) in [4.78, 5) is 14.0. The van der Waals surface area contributed by atoms with Crippen LogP contribution in [-0.4, -0.2) is 16.1 Å². The van der Waals surface area contributed by atoms with Gasteiger partial charge in [-0.2, -0.15) is 0 Å². The van der Waals surface area contributed by atoms with Gasteiger partial charge < -0.3 is 5.11 Å². The number of carbonyl (C=O) groups is 1. The molecule has 12 heavy (non-hydrogen) atoms. The van der Waals surface area contributed by atoms with Crippen LogP contribution in [0.15, 0.2) is 18.5 Å². The van der Waals surface area contributed by atoms with E-state index in [1.807, 2.05) is 13.8 Å². The summed E-state index contributed by atoms with van der Waals surface area (Å²) in [6.07, 6.45) is 2.95. The molecule has 1 aromatic heterocycles. The Morgan fingerprint density at radius 3 is 2.33 bits per heavy atom. The number of carboxylic acids is 1. The number of hydrogen-bond donors (Lipinski definition) is 1. The molecule has 0 atom stereocenters. The summed E-state index contributed by atoms with van der Waals surface area (Å²) in [7, 11) is 0. The summed E-state index contributed by atoms with van der Waals surface area (Å²) < 4.78 is 0. The lowest BCUT2D eigenvalue weighted by Crippen LogP contribution is -1.96. The minimum atomic E-state index is -0.934. The number of carboxylic acid groups (broad SMARTS) is 1. The zero-order valence-corrected chi connectivity index (χ0v) is 7.53. The number of rotatable bonds is 1. The van der Waals surface area contributed by atoms with Crippen molar-refractivity contribution in [2.24, 2.45) is 0 Å². The fourth-order valence-electron chi connectivity index (χ4n) is 0.672. The van der Waals surface area contributed by atoms with Crippen molar-refractivity contribution in [3.05, 3.63) is 29.6 Å². The number of pyridine rings is 1. The van der Waals surface area contributed by atoms with E-state index in [-0.39, 0.29) is 5.56 Å². The van der Waals surface area contributed by atoms with E-state index in [9.17, 15) is 4.79 Å². The summed E-state index contributed by atoms with van der Waals surface area (Å²) in [5.41, 5.74) is 1.10. The highest BCUT2D eigenvalue weighted by atomic mass is 16.4. The molecule has 0 saturated carbocycles. The molecule has 0 radical (unpaired) electrons. The van der Waals surface area contributed by atoms with E-state index in [1.54, 1.807) is 19.2 Å². The van der Waals surface area contributed by atoms with Gasteiger partial charge in [0.05, 0.1) is 5.56 Å². The Morgan fingerprint density at radius 2 is 2.00 bits per heavy atom. The minimum Gasteiger partial charge on any atom is -0.478 e. The molecule has 0 fully saturated rings. The molecule has 0 saturated heterocycles. The van der Waals surface area contributed by atoms with Gasteiger partial charge in [0.2, 0.25) is 0 Å². The van der Waals surface area contributed by atoms with Crippen molar-refractivity contribution in [1.82, 2.24) is 4.98 Å². The zero-order valence-electron chi connectivity index (χ0n) is 7.53. The van der Waals surface area contributed by atoms with E-state index < -0.39 is 5.97 Å². The second-order valence-corrected chi connectivity index (χ2v) is 2.06. The lowest BCUT2D eigenvalue weighted by atomic mass is 10.2. The maximum absolute atomic E-state index is 10.3. The van der Waals surface area contributed by atoms with Gasteiger partial charge in [-0.25, -0.2) is 4.79 Å². The first-order valence-electron chi connectivity index (χ1n) is 3.85. The lowest BCUT2D eigenvalue weighted by molar-refractivity contribution is 0.0696. The van der Waals surface area contributed by atoms with Gasteiger partial charge >= 0.3 is 5.97 Å². The molecule has 0 unspecified atom stereocenters. The highest BCUT2D eigenvalue weighted by Crippen LogP contribution is 1.99. The average Bonchev–Trinajstić information content (AvgIpc) is 2.08. The van der Waals surface area contributed by atoms with Gasteiger partial charge in [-0.3, -0.25) is 4.98 Å². The molecule has 66 valence electrons. The molecular formula is C9H13NO2. The monoisotopic (exact) mass is 167 g/mol. The standard InChI is InChI=1S/C7H7NO2.C2H6/c1-5-2-6(7(9)10)4-8-3-5;1-2/h2-4H,1H3,(H,9,10);1-2H3. The van der Waals surface area contributed by atoms with Crippen molar-refractivity contribution in [1.29, 1.82) is 0 Å². The van der Waals surface area contributed by atoms with Gasteiger partial charge in [0.25, 0.3) is 0 Å². The molecule has 1 rings (SSSR count). The van der Waals surface area contributed by atoms with Gasteiger partial charge in [0, 0.05) is 12.4 Å². The molecule has 0 aliphatic carbocycles. The van der Waals surface area contributed by atoms with Gasteiger partial charge in [0.15, 0.2) is 0 Å². The van der Waals surface area contributed by atoms with Gasteiger partial charge in [0.1, 0.15) is 0 Å². The fourth-order valence-corrected chi connectivity index (χ4v) is 0.672. The van der Waals surface area contributed by atoms with Crippen LogP contribution in [0.2, 0.25) is 0 Å². The molecule has 0 aliphatic rings. The van der Waals surface area contributed by atoms with Crippen LogP contribution in [0.25, 0.3) is 0 Å². The number of hydrogen-bond acceptors (Lipinski definition) is 2. The van der Waals surface area contributed by atoms with Crippen molar-refractivity contribution in [3.63, 3.8) is 0 Å². The number of aromatic nitrogens is 1. The molecule has 0 spiro atoms. The van der Waals surface area contributed by atoms with Crippen molar-refractivity contribution < 1.29 is 9.90 Å². The van der Waals surface area contributed by atoms with Crippen molar-refractivity contribution in [2.75, 3.05) is 0 Å². The number of nitrogens with zero attached hydrogens (tertiary/aromatic N) is 1. The van der Waals surface area contributed by atoms with Crippen molar-refractivity contribution >= 4 is 5.97 Å². The van der Waals surface area contributed by atoms with E-state index in [2.05, 4.69) is 4.98 Å². The molecule has 0 aromatic carbocycles. The lowest BCUT2D eigenvalue weighted by Gasteiger charge is -1.92. The normalized spacial score (nSPS) is 8.25. The molecule has 1 heterocycles. The Morgan fingerprint density at radius 1 is 1.42 bits per heavy atom. The highest BCUT2D eigenvalue weighted by Gasteiger charge is 2.00. The maximum atomic E-state index is 10.3. The second kappa shape index (κ2) is 5.29. The van der Waals surface area contributed by atoms with E-state index >= 15 is 0 Å². The Labute approximate surface area is 72.1 Å². The third-order valence-corrected chi connectivity index (χ3v) is 1.12. The van der Waals surface area contributed by atoms with E-state index in [4.69, 9.17) is 5.11 Å². The molecule has 1 N–H and O–H groups in total. The first kappa shape index (κ1) is 10.6. The summed E-state index contributed by atoms with van der Waals surface area (Å²) in [6.45, 7) is 5.80. The second-order valence-electron chi connectivity index (χ2n) is 2.06. The first-order chi connectivity index (χ1) is 5.70. The van der Waals surface area contributed by atoms with Gasteiger partial charge in [-0.05, 0) is 18.6 Å². The van der Waals surface area contributed by atoms with Gasteiger partial charge in [-0.1, -0.05) is 13.8 Å². The molecule has 3 nitrogen and oxygen atoms in total. The summed E-state index contributed by atoms with van der Waals surface area (Å²) in [5.74, 6) is -0.934. The van der Waals surface area contributed by atoms with Crippen LogP contribution in [-0.2, 0) is 0 Å². The number of aromatic carboxylic acids is 1. The van der Waals surface area contributed by atoms with Crippen LogP contribution in [0, 0.1) is 6.92 Å². The van der Waals surface area contributed by atoms with Crippen molar-refractivity contribution in [3.8, 4) is 0 Å². The molecule has 1 aromatic rings. The molecular weight excluding hydrogens is 154 g/mol. The molecule has 0 aliphatic heterocycles. The highest BCUT2D eigenvalue weighted by molar-refractivity contribution is 5.87. The van der Waals surface area contributed by atoms with Crippen LogP contribution in [0.5, 0.6) is 0 Å². The van der Waals surface area contributed by atoms with Crippen LogP contribution in [0.1, 0.15) is 29.8 Å². The number of aryl methyl sites for hydroxylation is 1. The summed E-state index contributed by atoms with van der Waals surface area (Å²) >= 11 is 0. The average molecular weight is 167 g/mol. The summed E-state index contributed by atoms with van der Waals surface area (Å²) in [5, 5.41) is 8.47. The maximum Gasteiger partial charge on any atom is 0.337 e. The molecule has 0 amide bonds. The summed E-state index contributed by atoms with van der Waals surface area (Å²) in [6, 6.07) is 1.58. The first-order valence-corrected chi connectivity index (χ1v) is 3.85. The van der Waals surface area contributed by atoms with Crippen molar-refractivity contribution in [2.45, 2.75) is 20.8 Å². The fraction of sp³-hybridized carbons (Fsp3) is 0.333. The van der Waals surface area contributed by atoms with Gasteiger partial charge in [-0.15, -0.1) is 0 Å². The van der Waals surface area contributed by atoms with Crippen LogP contribution in [0.4, 0.5) is 0 Å². The van der Waals surface area contributed by atoms with E-state index in [1.165, 1.54) is 6.20 Å². The largest absolute Gasteiger partial charge is 0.478 e. The third-order valence-electron chi connectivity index (χ3n) is 1.12. The third kappa shape index (κ3) is 3.14. The smallest absolute Gasteiger partial charge is 0.337 e. The molecule has 3 heteroatoms. The Hall–Kier alpha value is -1.38. The van der Waals surface area contributed by atoms with Crippen LogP contribution in [0.3, 0.4) is 0 Å². The van der Waals surface area contributed by atoms with E-state index in [0.717, 1.165) is 5.56 Å². The SMILES string of the molecule is CC.Cc1cncc(C(=O)O)c1. The topological polar surface area (TPSA) is 50.2 Å².